The Labute approximate surface area is 92.7 Å². The van der Waals surface area contributed by atoms with Crippen molar-refractivity contribution < 1.29 is 9.29 Å². The zero-order chi connectivity index (χ0) is 11.1. The topological polar surface area (TPSA) is 4.44 Å². The van der Waals surface area contributed by atoms with Crippen LogP contribution < -0.4 is 4.90 Å². The molecule has 86 valence electrons. The molecule has 1 aliphatic rings. The summed E-state index contributed by atoms with van der Waals surface area (Å²) in [5, 5.41) is 0. The van der Waals surface area contributed by atoms with Gasteiger partial charge >= 0.3 is 0 Å². The molecule has 2 atom stereocenters. The van der Waals surface area contributed by atoms with E-state index in [-0.39, 0.29) is 0 Å². The molecule has 0 aromatic rings. The summed E-state index contributed by atoms with van der Waals surface area (Å²) < 4.78 is 14.3. The maximum Gasteiger partial charge on any atom is 0.263 e. The van der Waals surface area contributed by atoms with E-state index in [0.717, 1.165) is 17.9 Å². The van der Waals surface area contributed by atoms with Crippen LogP contribution in [0.25, 0.3) is 0 Å². The minimum absolute atomic E-state index is 0.517. The quantitative estimate of drug-likeness (QED) is 0.509. The predicted molar refractivity (Wildman–Crippen MR) is 62.6 cm³/mol. The Kier molecular flexibility index (Phi) is 5.03. The smallest absolute Gasteiger partial charge is 0.263 e. The molecule has 15 heavy (non-hydrogen) atoms. The second kappa shape index (κ2) is 6.06. The van der Waals surface area contributed by atoms with Gasteiger partial charge in [0.25, 0.3) is 5.79 Å². The van der Waals surface area contributed by atoms with Gasteiger partial charge in [-0.25, -0.2) is 0 Å². The third-order valence-electron chi connectivity index (χ3n) is 3.14. The molecule has 2 heteroatoms. The standard InChI is InChI=1S/C13H22FN/c1-3-4-5-9-12-15(2)13(14)10-7-6-8-11-13/h6-8,10H,3-5,9,11-12H2,1-2H3/p+1. The number of hydrogen-bond acceptors (Lipinski definition) is 0. The molecule has 0 fully saturated rings. The molecule has 0 aliphatic heterocycles. The van der Waals surface area contributed by atoms with E-state index in [1.54, 1.807) is 6.08 Å². The molecule has 0 bridgehead atoms. The van der Waals surface area contributed by atoms with Crippen LogP contribution in [0.4, 0.5) is 4.39 Å². The Morgan fingerprint density at radius 3 is 2.67 bits per heavy atom. The molecule has 1 N–H and O–H groups in total. The Hall–Kier alpha value is -0.630. The number of alkyl halides is 1. The highest BCUT2D eigenvalue weighted by Gasteiger charge is 2.34. The minimum Gasteiger partial charge on any atom is -0.302 e. The van der Waals surface area contributed by atoms with Gasteiger partial charge in [-0.15, -0.1) is 0 Å². The number of unbranched alkanes of at least 4 members (excludes halogenated alkanes) is 3. The summed E-state index contributed by atoms with van der Waals surface area (Å²) in [4.78, 5) is 0.985. The van der Waals surface area contributed by atoms with E-state index in [9.17, 15) is 4.39 Å². The Bertz CT molecular complexity index is 235. The molecule has 0 aromatic heterocycles. The number of nitrogens with one attached hydrogen (secondary N) is 1. The highest BCUT2D eigenvalue weighted by molar-refractivity contribution is 5.14. The largest absolute Gasteiger partial charge is 0.302 e. The van der Waals surface area contributed by atoms with Crippen LogP contribution in [0.15, 0.2) is 24.3 Å². The Balaban J connectivity index is 2.29. The fraction of sp³-hybridized carbons (Fsp3) is 0.692. The lowest BCUT2D eigenvalue weighted by Gasteiger charge is -2.29. The second-order valence-electron chi connectivity index (χ2n) is 4.44. The Morgan fingerprint density at radius 1 is 1.27 bits per heavy atom. The van der Waals surface area contributed by atoms with Crippen LogP contribution in [0.3, 0.4) is 0 Å². The molecule has 2 unspecified atom stereocenters. The molecule has 1 rings (SSSR count). The number of rotatable bonds is 6. The van der Waals surface area contributed by atoms with Crippen molar-refractivity contribution in [3.05, 3.63) is 24.3 Å². The highest BCUT2D eigenvalue weighted by Crippen LogP contribution is 2.15. The van der Waals surface area contributed by atoms with Crippen LogP contribution in [-0.4, -0.2) is 19.4 Å². The molecule has 0 aromatic carbocycles. The van der Waals surface area contributed by atoms with Gasteiger partial charge in [0.05, 0.1) is 20.0 Å². The van der Waals surface area contributed by atoms with Crippen molar-refractivity contribution in [2.24, 2.45) is 0 Å². The minimum atomic E-state index is -1.17. The van der Waals surface area contributed by atoms with E-state index in [1.165, 1.54) is 19.3 Å². The first kappa shape index (κ1) is 12.4. The van der Waals surface area contributed by atoms with Gasteiger partial charge in [0.2, 0.25) is 0 Å². The third-order valence-corrected chi connectivity index (χ3v) is 3.14. The zero-order valence-electron chi connectivity index (χ0n) is 9.93. The fourth-order valence-corrected chi connectivity index (χ4v) is 1.94. The summed E-state index contributed by atoms with van der Waals surface area (Å²) in [6, 6.07) is 0. The van der Waals surface area contributed by atoms with E-state index in [1.807, 2.05) is 25.3 Å². The molecule has 1 aliphatic carbocycles. The van der Waals surface area contributed by atoms with Crippen LogP contribution in [0.5, 0.6) is 0 Å². The molecule has 1 nitrogen and oxygen atoms in total. The molecule has 0 saturated heterocycles. The number of quaternary nitrogens is 1. The predicted octanol–water partition coefficient (Wildman–Crippen LogP) is 2.26. The maximum absolute atomic E-state index is 14.3. The van der Waals surface area contributed by atoms with Gasteiger partial charge in [0.15, 0.2) is 0 Å². The molecule has 0 amide bonds. The molecule has 0 heterocycles. The lowest BCUT2D eigenvalue weighted by atomic mass is 10.0. The van der Waals surface area contributed by atoms with Crippen LogP contribution in [0, 0.1) is 0 Å². The summed E-state index contributed by atoms with van der Waals surface area (Å²) in [7, 11) is 1.95. The van der Waals surface area contributed by atoms with Gasteiger partial charge in [-0.05, 0) is 12.8 Å². The van der Waals surface area contributed by atoms with Crippen LogP contribution in [0.2, 0.25) is 0 Å². The molecule has 0 spiro atoms. The van der Waals surface area contributed by atoms with E-state index < -0.39 is 5.79 Å². The summed E-state index contributed by atoms with van der Waals surface area (Å²) in [6.07, 6.45) is 12.7. The lowest BCUT2D eigenvalue weighted by molar-refractivity contribution is -0.944. The van der Waals surface area contributed by atoms with Crippen LogP contribution >= 0.6 is 0 Å². The van der Waals surface area contributed by atoms with Crippen molar-refractivity contribution in [3.63, 3.8) is 0 Å². The van der Waals surface area contributed by atoms with Crippen molar-refractivity contribution >= 4 is 0 Å². The second-order valence-corrected chi connectivity index (χ2v) is 4.44. The van der Waals surface area contributed by atoms with Crippen LogP contribution in [-0.2, 0) is 0 Å². The maximum atomic E-state index is 14.3. The van der Waals surface area contributed by atoms with Crippen molar-refractivity contribution in [3.8, 4) is 0 Å². The molecule has 0 radical (unpaired) electrons. The first-order valence-electron chi connectivity index (χ1n) is 6.05. The van der Waals surface area contributed by atoms with Crippen molar-refractivity contribution in [2.75, 3.05) is 13.6 Å². The lowest BCUT2D eigenvalue weighted by Crippen LogP contribution is -3.16. The highest BCUT2D eigenvalue weighted by atomic mass is 19.1. The van der Waals surface area contributed by atoms with E-state index in [4.69, 9.17) is 0 Å². The Morgan fingerprint density at radius 2 is 2.07 bits per heavy atom. The van der Waals surface area contributed by atoms with Gasteiger partial charge in [0.1, 0.15) is 0 Å². The number of halogens is 1. The average Bonchev–Trinajstić information content (AvgIpc) is 2.25. The van der Waals surface area contributed by atoms with E-state index >= 15 is 0 Å². The third kappa shape index (κ3) is 3.78. The first-order valence-corrected chi connectivity index (χ1v) is 6.05. The van der Waals surface area contributed by atoms with Gasteiger partial charge in [-0.1, -0.05) is 38.0 Å². The molecular formula is C13H23FN+. The normalized spacial score (nSPS) is 26.9. The van der Waals surface area contributed by atoms with E-state index in [2.05, 4.69) is 6.92 Å². The van der Waals surface area contributed by atoms with Gasteiger partial charge in [-0.3, -0.25) is 0 Å². The summed E-state index contributed by atoms with van der Waals surface area (Å²) in [5.41, 5.74) is 0. The average molecular weight is 212 g/mol. The van der Waals surface area contributed by atoms with Crippen molar-refractivity contribution in [1.82, 2.24) is 0 Å². The summed E-state index contributed by atoms with van der Waals surface area (Å²) >= 11 is 0. The van der Waals surface area contributed by atoms with Crippen LogP contribution in [0.1, 0.15) is 39.0 Å². The van der Waals surface area contributed by atoms with Gasteiger partial charge in [-0.2, -0.15) is 4.39 Å². The zero-order valence-corrected chi connectivity index (χ0v) is 9.93. The SMILES string of the molecule is CCCCCC[NH+](C)C1(F)C=CC=CC1. The molecular weight excluding hydrogens is 189 g/mol. The summed E-state index contributed by atoms with van der Waals surface area (Å²) in [5.74, 6) is -1.17. The number of likely N-dealkylation sites (N-methyl/N-ethyl adjacent to an activating group) is 1. The molecule has 0 saturated carbocycles. The van der Waals surface area contributed by atoms with Crippen molar-refractivity contribution in [2.45, 2.75) is 44.8 Å². The number of hydrogen-bond donors (Lipinski definition) is 1. The number of allylic oxidation sites excluding steroid dienone is 2. The van der Waals surface area contributed by atoms with E-state index in [0.29, 0.717) is 6.42 Å². The monoisotopic (exact) mass is 212 g/mol. The summed E-state index contributed by atoms with van der Waals surface area (Å²) in [6.45, 7) is 3.12. The van der Waals surface area contributed by atoms with Gasteiger partial charge < -0.3 is 4.90 Å². The van der Waals surface area contributed by atoms with Gasteiger partial charge in [0, 0.05) is 6.08 Å². The fourth-order valence-electron chi connectivity index (χ4n) is 1.94. The first-order chi connectivity index (χ1) is 7.19. The van der Waals surface area contributed by atoms with Crippen molar-refractivity contribution in [1.29, 1.82) is 0 Å².